The molecule has 2 saturated carbocycles. The van der Waals surface area contributed by atoms with Crippen molar-refractivity contribution in [2.24, 2.45) is 29.1 Å². The van der Waals surface area contributed by atoms with Crippen LogP contribution in [0.3, 0.4) is 0 Å². The van der Waals surface area contributed by atoms with E-state index < -0.39 is 5.41 Å². The lowest BCUT2D eigenvalue weighted by Gasteiger charge is -2.35. The Morgan fingerprint density at radius 2 is 1.73 bits per heavy atom. The van der Waals surface area contributed by atoms with Gasteiger partial charge in [0, 0.05) is 0 Å². The van der Waals surface area contributed by atoms with Crippen LogP contribution < -0.4 is 0 Å². The first kappa shape index (κ1) is 17.3. The Balaban J connectivity index is 2.35. The normalized spacial score (nSPS) is 31.2. The SMILES string of the molecule is CCC(C)C[C@@H]1CC(C(=O)OC)(C(=O)OC)C2CCCCC21. The summed E-state index contributed by atoms with van der Waals surface area (Å²) in [7, 11) is 2.76. The molecule has 2 aliphatic carbocycles. The second-order valence-electron chi connectivity index (χ2n) is 7.22. The van der Waals surface area contributed by atoms with Gasteiger partial charge in [-0.1, -0.05) is 33.1 Å². The first-order valence-corrected chi connectivity index (χ1v) is 8.68. The lowest BCUT2D eigenvalue weighted by atomic mass is 9.69. The molecule has 126 valence electrons. The van der Waals surface area contributed by atoms with E-state index in [4.69, 9.17) is 9.47 Å². The molecule has 0 aliphatic heterocycles. The van der Waals surface area contributed by atoms with Gasteiger partial charge in [0.15, 0.2) is 5.41 Å². The van der Waals surface area contributed by atoms with Crippen LogP contribution in [0.5, 0.6) is 0 Å². The van der Waals surface area contributed by atoms with Crippen molar-refractivity contribution in [1.82, 2.24) is 0 Å². The molecule has 3 unspecified atom stereocenters. The van der Waals surface area contributed by atoms with Crippen LogP contribution in [-0.2, 0) is 19.1 Å². The minimum atomic E-state index is -1.06. The third kappa shape index (κ3) is 2.77. The van der Waals surface area contributed by atoms with Crippen molar-refractivity contribution in [1.29, 1.82) is 0 Å². The number of esters is 2. The maximum absolute atomic E-state index is 12.6. The van der Waals surface area contributed by atoms with Gasteiger partial charge in [-0.2, -0.15) is 0 Å². The zero-order valence-electron chi connectivity index (χ0n) is 14.4. The summed E-state index contributed by atoms with van der Waals surface area (Å²) in [5.74, 6) is 0.832. The fourth-order valence-electron chi connectivity index (χ4n) is 4.91. The topological polar surface area (TPSA) is 52.6 Å². The molecule has 2 aliphatic rings. The molecule has 2 fully saturated rings. The fourth-order valence-corrected chi connectivity index (χ4v) is 4.91. The lowest BCUT2D eigenvalue weighted by molar-refractivity contribution is -0.173. The van der Waals surface area contributed by atoms with E-state index in [1.807, 2.05) is 0 Å². The Hall–Kier alpha value is -1.06. The number of rotatable bonds is 5. The molecule has 0 amide bonds. The summed E-state index contributed by atoms with van der Waals surface area (Å²) in [6.45, 7) is 4.46. The molecule has 4 nitrogen and oxygen atoms in total. The Bertz CT molecular complexity index is 401. The van der Waals surface area contributed by atoms with Gasteiger partial charge in [0.2, 0.25) is 0 Å². The molecule has 4 heteroatoms. The van der Waals surface area contributed by atoms with Crippen LogP contribution in [0, 0.1) is 29.1 Å². The van der Waals surface area contributed by atoms with Gasteiger partial charge >= 0.3 is 11.9 Å². The summed E-state index contributed by atoms with van der Waals surface area (Å²) >= 11 is 0. The quantitative estimate of drug-likeness (QED) is 0.575. The summed E-state index contributed by atoms with van der Waals surface area (Å²) in [6, 6.07) is 0. The van der Waals surface area contributed by atoms with E-state index in [-0.39, 0.29) is 17.9 Å². The Kier molecular flexibility index (Phi) is 5.51. The molecule has 0 aromatic heterocycles. The average Bonchev–Trinajstić information content (AvgIpc) is 2.89. The zero-order chi connectivity index (χ0) is 16.3. The van der Waals surface area contributed by atoms with Crippen molar-refractivity contribution < 1.29 is 19.1 Å². The van der Waals surface area contributed by atoms with Gasteiger partial charge in [-0.15, -0.1) is 0 Å². The van der Waals surface area contributed by atoms with Gasteiger partial charge in [-0.3, -0.25) is 9.59 Å². The number of hydrogen-bond donors (Lipinski definition) is 0. The van der Waals surface area contributed by atoms with E-state index in [2.05, 4.69) is 13.8 Å². The minimum absolute atomic E-state index is 0.0928. The monoisotopic (exact) mass is 310 g/mol. The van der Waals surface area contributed by atoms with Crippen LogP contribution in [0.2, 0.25) is 0 Å². The summed E-state index contributed by atoms with van der Waals surface area (Å²) in [5.41, 5.74) is -1.06. The largest absolute Gasteiger partial charge is 0.468 e. The highest BCUT2D eigenvalue weighted by Crippen LogP contribution is 2.58. The summed E-state index contributed by atoms with van der Waals surface area (Å²) in [5, 5.41) is 0. The lowest BCUT2D eigenvalue weighted by Crippen LogP contribution is -2.46. The van der Waals surface area contributed by atoms with Crippen molar-refractivity contribution in [2.45, 2.75) is 58.8 Å². The van der Waals surface area contributed by atoms with E-state index in [9.17, 15) is 9.59 Å². The highest BCUT2D eigenvalue weighted by atomic mass is 16.5. The fraction of sp³-hybridized carbons (Fsp3) is 0.889. The number of carbonyl (C=O) groups excluding carboxylic acids is 2. The maximum atomic E-state index is 12.6. The second kappa shape index (κ2) is 7.01. The number of methoxy groups -OCH3 is 2. The summed E-state index contributed by atoms with van der Waals surface area (Å²) in [6.07, 6.45) is 7.19. The maximum Gasteiger partial charge on any atom is 0.323 e. The first-order valence-electron chi connectivity index (χ1n) is 8.68. The average molecular weight is 310 g/mol. The van der Waals surface area contributed by atoms with Crippen molar-refractivity contribution in [3.63, 3.8) is 0 Å². The van der Waals surface area contributed by atoms with Crippen LogP contribution in [0.15, 0.2) is 0 Å². The smallest absolute Gasteiger partial charge is 0.323 e. The standard InChI is InChI=1S/C18H30O4/c1-5-12(2)10-13-11-18(16(19)21-3,17(20)22-4)15-9-7-6-8-14(13)15/h12-15H,5-11H2,1-4H3/t12?,13-,14?,15?/m1/s1. The number of carbonyl (C=O) groups is 2. The molecule has 4 atom stereocenters. The molecule has 0 bridgehead atoms. The van der Waals surface area contributed by atoms with Crippen LogP contribution >= 0.6 is 0 Å². The number of fused-ring (bicyclic) bond motifs is 1. The van der Waals surface area contributed by atoms with E-state index in [0.29, 0.717) is 24.2 Å². The molecule has 0 aromatic carbocycles. The zero-order valence-corrected chi connectivity index (χ0v) is 14.4. The third-order valence-corrected chi connectivity index (χ3v) is 6.14. The van der Waals surface area contributed by atoms with Crippen LogP contribution in [0.4, 0.5) is 0 Å². The molecule has 22 heavy (non-hydrogen) atoms. The van der Waals surface area contributed by atoms with Gasteiger partial charge in [-0.25, -0.2) is 0 Å². The van der Waals surface area contributed by atoms with Crippen molar-refractivity contribution >= 4 is 11.9 Å². The molecule has 0 radical (unpaired) electrons. The Morgan fingerprint density at radius 3 is 2.27 bits per heavy atom. The second-order valence-corrected chi connectivity index (χ2v) is 7.22. The van der Waals surface area contributed by atoms with Crippen molar-refractivity contribution in [3.05, 3.63) is 0 Å². The van der Waals surface area contributed by atoms with Crippen LogP contribution in [0.1, 0.15) is 58.8 Å². The van der Waals surface area contributed by atoms with Crippen molar-refractivity contribution in [3.8, 4) is 0 Å². The van der Waals surface area contributed by atoms with E-state index >= 15 is 0 Å². The highest BCUT2D eigenvalue weighted by Gasteiger charge is 2.63. The van der Waals surface area contributed by atoms with Crippen molar-refractivity contribution in [2.75, 3.05) is 14.2 Å². The Morgan fingerprint density at radius 1 is 1.14 bits per heavy atom. The predicted molar refractivity (Wildman–Crippen MR) is 84.1 cm³/mol. The van der Waals surface area contributed by atoms with Gasteiger partial charge < -0.3 is 9.47 Å². The van der Waals surface area contributed by atoms with E-state index in [1.54, 1.807) is 0 Å². The molecule has 0 spiro atoms. The summed E-state index contributed by atoms with van der Waals surface area (Å²) in [4.78, 5) is 25.1. The van der Waals surface area contributed by atoms with Gasteiger partial charge in [0.25, 0.3) is 0 Å². The predicted octanol–water partition coefficient (Wildman–Crippen LogP) is 3.58. The minimum Gasteiger partial charge on any atom is -0.468 e. The Labute approximate surface area is 133 Å². The molecular weight excluding hydrogens is 280 g/mol. The molecule has 0 aromatic rings. The molecule has 0 heterocycles. The number of ether oxygens (including phenoxy) is 2. The molecule has 0 N–H and O–H groups in total. The van der Waals surface area contributed by atoms with Gasteiger partial charge in [0.1, 0.15) is 0 Å². The van der Waals surface area contributed by atoms with Gasteiger partial charge in [-0.05, 0) is 49.4 Å². The van der Waals surface area contributed by atoms with Gasteiger partial charge in [0.05, 0.1) is 14.2 Å². The molecule has 2 rings (SSSR count). The van der Waals surface area contributed by atoms with E-state index in [1.165, 1.54) is 20.6 Å². The number of hydrogen-bond acceptors (Lipinski definition) is 4. The molecule has 0 saturated heterocycles. The third-order valence-electron chi connectivity index (χ3n) is 6.14. The van der Waals surface area contributed by atoms with Crippen LogP contribution in [-0.4, -0.2) is 26.2 Å². The summed E-state index contributed by atoms with van der Waals surface area (Å²) < 4.78 is 10.1. The van der Waals surface area contributed by atoms with E-state index in [0.717, 1.165) is 32.1 Å². The van der Waals surface area contributed by atoms with Crippen LogP contribution in [0.25, 0.3) is 0 Å². The highest BCUT2D eigenvalue weighted by molar-refractivity contribution is 6.01. The first-order chi connectivity index (χ1) is 10.5. The molecular formula is C18H30O4.